The van der Waals surface area contributed by atoms with Crippen LogP contribution in [0.3, 0.4) is 0 Å². The zero-order valence-corrected chi connectivity index (χ0v) is 15.8. The van der Waals surface area contributed by atoms with Crippen molar-refractivity contribution in [2.24, 2.45) is 0 Å². The second-order valence-electron chi connectivity index (χ2n) is 7.21. The van der Waals surface area contributed by atoms with Gasteiger partial charge in [0.2, 0.25) is 0 Å². The van der Waals surface area contributed by atoms with E-state index >= 15 is 0 Å². The first kappa shape index (κ1) is 17.5. The van der Waals surface area contributed by atoms with Crippen molar-refractivity contribution < 1.29 is 4.79 Å². The number of imidazole rings is 1. The average Bonchev–Trinajstić information content (AvgIpc) is 3.33. The third-order valence-corrected chi connectivity index (χ3v) is 5.46. The molecule has 1 aliphatic rings. The van der Waals surface area contributed by atoms with Gasteiger partial charge in [0, 0.05) is 55.4 Å². The van der Waals surface area contributed by atoms with Gasteiger partial charge in [-0.25, -0.2) is 9.97 Å². The van der Waals surface area contributed by atoms with Crippen LogP contribution in [0, 0.1) is 0 Å². The molecule has 29 heavy (non-hydrogen) atoms. The number of fused-ring (bicyclic) bond motifs is 1. The molecule has 0 bridgehead atoms. The molecule has 4 aromatic rings. The predicted molar refractivity (Wildman–Crippen MR) is 109 cm³/mol. The molecule has 3 aromatic heterocycles. The molecule has 0 radical (unpaired) electrons. The van der Waals surface area contributed by atoms with E-state index < -0.39 is 0 Å². The zero-order valence-electron chi connectivity index (χ0n) is 15.8. The summed E-state index contributed by atoms with van der Waals surface area (Å²) < 4.78 is 0. The summed E-state index contributed by atoms with van der Waals surface area (Å²) in [6.07, 6.45) is 10.3. The maximum absolute atomic E-state index is 13.0. The van der Waals surface area contributed by atoms with Crippen LogP contribution >= 0.6 is 0 Å². The van der Waals surface area contributed by atoms with Crippen LogP contribution in [-0.4, -0.2) is 48.8 Å². The summed E-state index contributed by atoms with van der Waals surface area (Å²) in [5.74, 6) is 1.02. The maximum Gasteiger partial charge on any atom is 0.255 e. The van der Waals surface area contributed by atoms with E-state index in [0.29, 0.717) is 18.7 Å². The first-order chi connectivity index (χ1) is 14.3. The third-order valence-electron chi connectivity index (χ3n) is 5.46. The number of likely N-dealkylation sites (tertiary alicyclic amines) is 1. The van der Waals surface area contributed by atoms with Gasteiger partial charge in [-0.15, -0.1) is 0 Å². The fraction of sp³-hybridized carbons (Fsp3) is 0.227. The number of aromatic nitrogens is 5. The van der Waals surface area contributed by atoms with Crippen LogP contribution in [0.1, 0.15) is 34.8 Å². The number of rotatable bonds is 3. The van der Waals surface area contributed by atoms with Gasteiger partial charge in [0.1, 0.15) is 5.69 Å². The Bertz CT molecular complexity index is 1150. The summed E-state index contributed by atoms with van der Waals surface area (Å²) >= 11 is 0. The number of aromatic amines is 1. The van der Waals surface area contributed by atoms with Gasteiger partial charge in [-0.1, -0.05) is 18.2 Å². The molecule has 4 heterocycles. The molecule has 144 valence electrons. The molecule has 1 fully saturated rings. The van der Waals surface area contributed by atoms with E-state index in [1.165, 1.54) is 0 Å². The Morgan fingerprint density at radius 2 is 1.83 bits per heavy atom. The molecule has 1 amide bonds. The van der Waals surface area contributed by atoms with E-state index in [1.807, 2.05) is 35.2 Å². The lowest BCUT2D eigenvalue weighted by molar-refractivity contribution is 0.0712. The Morgan fingerprint density at radius 1 is 1.00 bits per heavy atom. The molecule has 7 nitrogen and oxygen atoms in total. The standard InChI is InChI=1S/C22H20N6O/c29-22(17-13-16-3-1-2-4-18(16)27-14-17)28-11-5-15(6-12-28)19-20(24-8-7-23-19)21-25-9-10-26-21/h1-4,7-10,13-15H,5-6,11-12H2,(H,25,26). The van der Waals surface area contributed by atoms with Crippen LogP contribution in [0.4, 0.5) is 0 Å². The van der Waals surface area contributed by atoms with Gasteiger partial charge in [-0.3, -0.25) is 14.8 Å². The van der Waals surface area contributed by atoms with Gasteiger partial charge in [-0.2, -0.15) is 0 Å². The summed E-state index contributed by atoms with van der Waals surface area (Å²) in [5.41, 5.74) is 3.27. The predicted octanol–water partition coefficient (Wildman–Crippen LogP) is 3.43. The Hall–Kier alpha value is -3.61. The topological polar surface area (TPSA) is 87.7 Å². The SMILES string of the molecule is O=C(c1cnc2ccccc2c1)N1CCC(c2nccnc2-c2ncc[nH]2)CC1. The van der Waals surface area contributed by atoms with E-state index in [9.17, 15) is 4.79 Å². The number of nitrogens with one attached hydrogen (secondary N) is 1. The van der Waals surface area contributed by atoms with Crippen LogP contribution in [0.2, 0.25) is 0 Å². The molecule has 0 saturated carbocycles. The number of nitrogens with zero attached hydrogens (tertiary/aromatic N) is 5. The molecule has 1 aromatic carbocycles. The Balaban J connectivity index is 1.32. The minimum Gasteiger partial charge on any atom is -0.343 e. The summed E-state index contributed by atoms with van der Waals surface area (Å²) in [7, 11) is 0. The molecule has 5 rings (SSSR count). The highest BCUT2D eigenvalue weighted by Gasteiger charge is 2.28. The quantitative estimate of drug-likeness (QED) is 0.585. The number of piperidine rings is 1. The largest absolute Gasteiger partial charge is 0.343 e. The number of carbonyl (C=O) groups excluding carboxylic acids is 1. The van der Waals surface area contributed by atoms with Crippen molar-refractivity contribution in [3.05, 3.63) is 72.6 Å². The third kappa shape index (κ3) is 3.35. The fourth-order valence-electron chi connectivity index (χ4n) is 3.95. The van der Waals surface area contributed by atoms with E-state index in [-0.39, 0.29) is 11.8 Å². The van der Waals surface area contributed by atoms with Crippen LogP contribution < -0.4 is 0 Å². The molecule has 1 saturated heterocycles. The van der Waals surface area contributed by atoms with Crippen molar-refractivity contribution in [3.8, 4) is 11.5 Å². The number of hydrogen-bond acceptors (Lipinski definition) is 5. The normalized spacial score (nSPS) is 15.0. The van der Waals surface area contributed by atoms with E-state index in [2.05, 4.69) is 24.9 Å². The second-order valence-corrected chi connectivity index (χ2v) is 7.21. The molecule has 1 aliphatic heterocycles. The summed E-state index contributed by atoms with van der Waals surface area (Å²) in [5, 5.41) is 0.982. The number of carbonyl (C=O) groups is 1. The van der Waals surface area contributed by atoms with E-state index in [1.54, 1.807) is 31.0 Å². The second kappa shape index (κ2) is 7.43. The van der Waals surface area contributed by atoms with Crippen molar-refractivity contribution in [1.82, 2.24) is 29.8 Å². The maximum atomic E-state index is 13.0. The number of para-hydroxylation sites is 1. The highest BCUT2D eigenvalue weighted by Crippen LogP contribution is 2.32. The van der Waals surface area contributed by atoms with Gasteiger partial charge in [0.15, 0.2) is 5.82 Å². The number of benzene rings is 1. The van der Waals surface area contributed by atoms with Crippen molar-refractivity contribution >= 4 is 16.8 Å². The summed E-state index contributed by atoms with van der Waals surface area (Å²) in [6.45, 7) is 1.37. The van der Waals surface area contributed by atoms with Crippen LogP contribution in [0.5, 0.6) is 0 Å². The van der Waals surface area contributed by atoms with Gasteiger partial charge in [-0.05, 0) is 25.0 Å². The van der Waals surface area contributed by atoms with E-state index in [4.69, 9.17) is 0 Å². The van der Waals surface area contributed by atoms with Crippen molar-refractivity contribution in [2.45, 2.75) is 18.8 Å². The van der Waals surface area contributed by atoms with Gasteiger partial charge in [0.25, 0.3) is 5.91 Å². The van der Waals surface area contributed by atoms with Gasteiger partial charge >= 0.3 is 0 Å². The zero-order chi connectivity index (χ0) is 19.6. The number of H-pyrrole nitrogens is 1. The smallest absolute Gasteiger partial charge is 0.255 e. The van der Waals surface area contributed by atoms with Gasteiger partial charge < -0.3 is 9.88 Å². The van der Waals surface area contributed by atoms with Gasteiger partial charge in [0.05, 0.1) is 16.8 Å². The lowest BCUT2D eigenvalue weighted by atomic mass is 9.91. The highest BCUT2D eigenvalue weighted by atomic mass is 16.2. The molecule has 1 N–H and O–H groups in total. The molecular weight excluding hydrogens is 364 g/mol. The van der Waals surface area contributed by atoms with Crippen molar-refractivity contribution in [1.29, 1.82) is 0 Å². The van der Waals surface area contributed by atoms with Crippen molar-refractivity contribution in [2.75, 3.05) is 13.1 Å². The molecule has 0 atom stereocenters. The molecule has 7 heteroatoms. The number of hydrogen-bond donors (Lipinski definition) is 1. The summed E-state index contributed by atoms with van der Waals surface area (Å²) in [4.78, 5) is 35.8. The lowest BCUT2D eigenvalue weighted by Crippen LogP contribution is -2.38. The van der Waals surface area contributed by atoms with Crippen molar-refractivity contribution in [3.63, 3.8) is 0 Å². The molecule has 0 unspecified atom stereocenters. The monoisotopic (exact) mass is 384 g/mol. The Morgan fingerprint density at radius 3 is 2.66 bits per heavy atom. The molecule has 0 aliphatic carbocycles. The average molecular weight is 384 g/mol. The van der Waals surface area contributed by atoms with E-state index in [0.717, 1.165) is 41.0 Å². The Kier molecular flexibility index (Phi) is 4.48. The first-order valence-corrected chi connectivity index (χ1v) is 9.74. The minimum atomic E-state index is 0.0344. The lowest BCUT2D eigenvalue weighted by Gasteiger charge is -2.32. The molecular formula is C22H20N6O. The first-order valence-electron chi connectivity index (χ1n) is 9.74. The highest BCUT2D eigenvalue weighted by molar-refractivity contribution is 5.97. The summed E-state index contributed by atoms with van der Waals surface area (Å²) in [6, 6.07) is 9.77. The van der Waals surface area contributed by atoms with Crippen LogP contribution in [-0.2, 0) is 0 Å². The minimum absolute atomic E-state index is 0.0344. The molecule has 0 spiro atoms. The number of amides is 1. The van der Waals surface area contributed by atoms with Crippen LogP contribution in [0.25, 0.3) is 22.4 Å². The Labute approximate surface area is 167 Å². The number of pyridine rings is 1. The fourth-order valence-corrected chi connectivity index (χ4v) is 3.95. The van der Waals surface area contributed by atoms with Crippen LogP contribution in [0.15, 0.2) is 61.3 Å².